The predicted octanol–water partition coefficient (Wildman–Crippen LogP) is 3.83. The fourth-order valence-corrected chi connectivity index (χ4v) is 2.98. The molecule has 0 radical (unpaired) electrons. The van der Waals surface area contributed by atoms with E-state index < -0.39 is 0 Å². The van der Waals surface area contributed by atoms with Gasteiger partial charge in [0.15, 0.2) is 0 Å². The Labute approximate surface area is 131 Å². The third-order valence-electron chi connectivity index (χ3n) is 3.76. The number of hydrogen-bond donors (Lipinski definition) is 1. The third-order valence-corrected chi connectivity index (χ3v) is 4.08. The lowest BCUT2D eigenvalue weighted by molar-refractivity contribution is 1.02. The maximum absolute atomic E-state index is 12.4. The molecule has 2 aromatic heterocycles. The lowest BCUT2D eigenvalue weighted by Gasteiger charge is -2.08. The van der Waals surface area contributed by atoms with Crippen LogP contribution in [0.3, 0.4) is 0 Å². The largest absolute Gasteiger partial charge is 0.331 e. The first kappa shape index (κ1) is 13.1. The summed E-state index contributed by atoms with van der Waals surface area (Å²) >= 11 is 6.28. The van der Waals surface area contributed by atoms with Gasteiger partial charge in [0.1, 0.15) is 0 Å². The van der Waals surface area contributed by atoms with Crippen LogP contribution in [-0.2, 0) is 0 Å². The number of nitrogens with zero attached hydrogens (tertiary/aromatic N) is 2. The van der Waals surface area contributed by atoms with Gasteiger partial charge >= 0.3 is 5.69 Å². The summed E-state index contributed by atoms with van der Waals surface area (Å²) in [5.41, 5.74) is 3.89. The first-order chi connectivity index (χ1) is 10.6. The molecule has 4 rings (SSSR count). The summed E-state index contributed by atoms with van der Waals surface area (Å²) in [7, 11) is 0. The number of aromatic amines is 1. The summed E-state index contributed by atoms with van der Waals surface area (Å²) in [6, 6.07) is 13.3. The number of fused-ring (bicyclic) bond motifs is 3. The summed E-state index contributed by atoms with van der Waals surface area (Å²) in [6.07, 6.45) is 1.68. The van der Waals surface area contributed by atoms with Crippen molar-refractivity contribution in [2.75, 3.05) is 0 Å². The van der Waals surface area contributed by atoms with Gasteiger partial charge in [-0.1, -0.05) is 35.4 Å². The molecule has 2 aromatic carbocycles. The lowest BCUT2D eigenvalue weighted by atomic mass is 10.1. The van der Waals surface area contributed by atoms with Gasteiger partial charge in [-0.2, -0.15) is 0 Å². The number of H-pyrrole nitrogens is 1. The van der Waals surface area contributed by atoms with E-state index in [0.717, 1.165) is 22.0 Å². The van der Waals surface area contributed by atoms with Crippen LogP contribution in [0.5, 0.6) is 0 Å². The van der Waals surface area contributed by atoms with Crippen LogP contribution in [0.1, 0.15) is 5.56 Å². The van der Waals surface area contributed by atoms with E-state index in [2.05, 4.69) is 9.97 Å². The van der Waals surface area contributed by atoms with Gasteiger partial charge in [0.25, 0.3) is 0 Å². The van der Waals surface area contributed by atoms with E-state index in [4.69, 9.17) is 11.6 Å². The quantitative estimate of drug-likeness (QED) is 0.581. The fourth-order valence-electron chi connectivity index (χ4n) is 2.76. The van der Waals surface area contributed by atoms with Gasteiger partial charge in [-0.05, 0) is 31.2 Å². The number of pyridine rings is 1. The van der Waals surface area contributed by atoms with Crippen molar-refractivity contribution in [3.05, 3.63) is 69.7 Å². The molecule has 0 saturated heterocycles. The van der Waals surface area contributed by atoms with Gasteiger partial charge in [-0.15, -0.1) is 0 Å². The topological polar surface area (TPSA) is 50.7 Å². The number of aryl methyl sites for hydroxylation is 1. The number of nitrogens with one attached hydrogen (secondary N) is 1. The van der Waals surface area contributed by atoms with Crippen LogP contribution in [0.2, 0.25) is 5.02 Å². The van der Waals surface area contributed by atoms with Crippen molar-refractivity contribution in [1.29, 1.82) is 0 Å². The second kappa shape index (κ2) is 4.71. The maximum atomic E-state index is 12.4. The van der Waals surface area contributed by atoms with Crippen molar-refractivity contribution < 1.29 is 0 Å². The zero-order chi connectivity index (χ0) is 15.3. The Balaban J connectivity index is 2.23. The molecular formula is C17H12ClN3O. The highest BCUT2D eigenvalue weighted by Crippen LogP contribution is 2.27. The summed E-state index contributed by atoms with van der Waals surface area (Å²) in [5.74, 6) is 0. The number of hydrogen-bond acceptors (Lipinski definition) is 2. The van der Waals surface area contributed by atoms with E-state index in [1.807, 2.05) is 43.3 Å². The summed E-state index contributed by atoms with van der Waals surface area (Å²) in [5, 5.41) is 1.46. The monoisotopic (exact) mass is 309 g/mol. The van der Waals surface area contributed by atoms with Crippen LogP contribution in [0.25, 0.3) is 27.6 Å². The highest BCUT2D eigenvalue weighted by Gasteiger charge is 2.14. The molecule has 4 nitrogen and oxygen atoms in total. The molecule has 0 aliphatic carbocycles. The normalized spacial score (nSPS) is 11.4. The zero-order valence-electron chi connectivity index (χ0n) is 11.8. The first-order valence-corrected chi connectivity index (χ1v) is 7.28. The van der Waals surface area contributed by atoms with Gasteiger partial charge < -0.3 is 4.98 Å². The molecule has 0 aliphatic rings. The van der Waals surface area contributed by atoms with Crippen molar-refractivity contribution in [1.82, 2.24) is 14.5 Å². The van der Waals surface area contributed by atoms with Crippen LogP contribution in [0.4, 0.5) is 0 Å². The van der Waals surface area contributed by atoms with Crippen LogP contribution >= 0.6 is 11.6 Å². The summed E-state index contributed by atoms with van der Waals surface area (Å²) < 4.78 is 1.61. The molecule has 5 heteroatoms. The van der Waals surface area contributed by atoms with Crippen molar-refractivity contribution in [2.24, 2.45) is 0 Å². The Morgan fingerprint density at radius 3 is 2.82 bits per heavy atom. The van der Waals surface area contributed by atoms with Crippen LogP contribution in [0.15, 0.2) is 53.5 Å². The second-order valence-corrected chi connectivity index (χ2v) is 5.67. The predicted molar refractivity (Wildman–Crippen MR) is 88.9 cm³/mol. The summed E-state index contributed by atoms with van der Waals surface area (Å²) in [4.78, 5) is 19.7. The molecule has 2 heterocycles. The van der Waals surface area contributed by atoms with Crippen molar-refractivity contribution in [3.8, 4) is 5.69 Å². The molecule has 0 amide bonds. The number of benzene rings is 2. The second-order valence-electron chi connectivity index (χ2n) is 5.26. The van der Waals surface area contributed by atoms with Gasteiger partial charge in [0.05, 0.1) is 33.5 Å². The smallest absolute Gasteiger partial charge is 0.304 e. The van der Waals surface area contributed by atoms with Crippen LogP contribution in [-0.4, -0.2) is 14.5 Å². The SMILES string of the molecule is Cc1ccc2ncc3[nH]c(=O)n(-c4ccccc4Cl)c3c2c1. The molecule has 0 atom stereocenters. The molecule has 4 aromatic rings. The molecule has 0 saturated carbocycles. The van der Waals surface area contributed by atoms with Crippen molar-refractivity contribution in [3.63, 3.8) is 0 Å². The Hall–Kier alpha value is -2.59. The van der Waals surface area contributed by atoms with E-state index in [1.54, 1.807) is 16.8 Å². The average molecular weight is 310 g/mol. The highest BCUT2D eigenvalue weighted by atomic mass is 35.5. The number of rotatable bonds is 1. The molecule has 0 aliphatic heterocycles. The minimum atomic E-state index is -0.223. The Morgan fingerprint density at radius 1 is 1.18 bits per heavy atom. The Kier molecular flexibility index (Phi) is 2.81. The molecule has 1 N–H and O–H groups in total. The molecular weight excluding hydrogens is 298 g/mol. The van der Waals surface area contributed by atoms with Crippen molar-refractivity contribution >= 4 is 33.5 Å². The lowest BCUT2D eigenvalue weighted by Crippen LogP contribution is -2.15. The van der Waals surface area contributed by atoms with Gasteiger partial charge in [0.2, 0.25) is 0 Å². The highest BCUT2D eigenvalue weighted by molar-refractivity contribution is 6.32. The van der Waals surface area contributed by atoms with Gasteiger partial charge in [-0.3, -0.25) is 9.55 Å². The molecule has 0 bridgehead atoms. The Bertz CT molecular complexity index is 1080. The molecule has 0 spiro atoms. The van der Waals surface area contributed by atoms with E-state index in [-0.39, 0.29) is 5.69 Å². The number of para-hydroxylation sites is 1. The number of halogens is 1. The average Bonchev–Trinajstić information content (AvgIpc) is 2.84. The Morgan fingerprint density at radius 2 is 2.00 bits per heavy atom. The fraction of sp³-hybridized carbons (Fsp3) is 0.0588. The maximum Gasteiger partial charge on any atom is 0.331 e. The molecule has 22 heavy (non-hydrogen) atoms. The van der Waals surface area contributed by atoms with E-state index in [1.165, 1.54) is 0 Å². The molecule has 108 valence electrons. The zero-order valence-corrected chi connectivity index (χ0v) is 12.6. The summed E-state index contributed by atoms with van der Waals surface area (Å²) in [6.45, 7) is 2.02. The molecule has 0 unspecified atom stereocenters. The van der Waals surface area contributed by atoms with Crippen LogP contribution < -0.4 is 5.69 Å². The first-order valence-electron chi connectivity index (χ1n) is 6.90. The van der Waals surface area contributed by atoms with E-state index in [0.29, 0.717) is 16.2 Å². The van der Waals surface area contributed by atoms with Crippen molar-refractivity contribution in [2.45, 2.75) is 6.92 Å². The van der Waals surface area contributed by atoms with Gasteiger partial charge in [0, 0.05) is 5.39 Å². The third kappa shape index (κ3) is 1.84. The standard InChI is InChI=1S/C17H12ClN3O/c1-10-6-7-13-11(8-10)16-14(9-19-13)20-17(22)21(16)15-5-3-2-4-12(15)18/h2-9H,1H3,(H,20,22). The molecule has 0 fully saturated rings. The minimum absolute atomic E-state index is 0.223. The number of aromatic nitrogens is 3. The van der Waals surface area contributed by atoms with Gasteiger partial charge in [-0.25, -0.2) is 4.79 Å². The minimum Gasteiger partial charge on any atom is -0.304 e. The van der Waals surface area contributed by atoms with E-state index >= 15 is 0 Å². The van der Waals surface area contributed by atoms with Crippen LogP contribution in [0, 0.1) is 6.92 Å². The van der Waals surface area contributed by atoms with E-state index in [9.17, 15) is 4.79 Å². The number of imidazole rings is 1.